The van der Waals surface area contributed by atoms with Crippen LogP contribution in [-0.4, -0.2) is 64.0 Å². The summed E-state index contributed by atoms with van der Waals surface area (Å²) in [6, 6.07) is 9.15. The van der Waals surface area contributed by atoms with Gasteiger partial charge in [-0.1, -0.05) is 19.9 Å². The molecule has 2 N–H and O–H groups in total. The second-order valence-corrected chi connectivity index (χ2v) is 11.5. The smallest absolute Gasteiger partial charge is 0.227 e. The van der Waals surface area contributed by atoms with Crippen LogP contribution in [0.1, 0.15) is 65.4 Å². The van der Waals surface area contributed by atoms with Gasteiger partial charge in [0.2, 0.25) is 5.95 Å². The molecule has 1 atom stereocenters. The number of piperidine rings is 1. The summed E-state index contributed by atoms with van der Waals surface area (Å²) in [5, 5.41) is 15.8. The van der Waals surface area contributed by atoms with Gasteiger partial charge < -0.3 is 25.0 Å². The molecule has 0 bridgehead atoms. The molecule has 37 heavy (non-hydrogen) atoms. The Bertz CT molecular complexity index is 1230. The summed E-state index contributed by atoms with van der Waals surface area (Å²) in [4.78, 5) is 18.8. The molecule has 2 aromatic heterocycles. The predicted octanol–water partition coefficient (Wildman–Crippen LogP) is 5.25. The summed E-state index contributed by atoms with van der Waals surface area (Å²) in [5.74, 6) is 2.65. The van der Waals surface area contributed by atoms with Crippen LogP contribution in [-0.2, 0) is 4.74 Å². The third-order valence-electron chi connectivity index (χ3n) is 7.46. The van der Waals surface area contributed by atoms with Crippen LogP contribution in [0.5, 0.6) is 0 Å². The fourth-order valence-corrected chi connectivity index (χ4v) is 5.19. The van der Waals surface area contributed by atoms with Gasteiger partial charge in [-0.2, -0.15) is 4.98 Å². The van der Waals surface area contributed by atoms with E-state index in [4.69, 9.17) is 14.7 Å². The molecule has 2 saturated heterocycles. The van der Waals surface area contributed by atoms with Gasteiger partial charge in [-0.05, 0) is 75.1 Å². The number of anilines is 4. The Balaban J connectivity index is 1.31. The first-order chi connectivity index (χ1) is 17.7. The standard InChI is InChI=1S/C29H40N6O2/c1-19(2)22-6-7-25(35-15-9-20(35)3)24-17-31-27(16-23(22)24)32-26-8-12-30-28(33-26)34-13-10-21(11-14-34)37-18-29(4,5)36/h6-8,12,16-17,19-21,36H,9-11,13-15,18H2,1-5H3,(H,30,31,32,33). The fourth-order valence-electron chi connectivity index (χ4n) is 5.19. The zero-order chi connectivity index (χ0) is 26.2. The van der Waals surface area contributed by atoms with E-state index in [1.807, 2.05) is 12.3 Å². The van der Waals surface area contributed by atoms with Crippen molar-refractivity contribution in [2.24, 2.45) is 0 Å². The van der Waals surface area contributed by atoms with E-state index in [2.05, 4.69) is 59.1 Å². The zero-order valence-electron chi connectivity index (χ0n) is 22.7. The van der Waals surface area contributed by atoms with Crippen molar-refractivity contribution in [3.63, 3.8) is 0 Å². The number of pyridine rings is 1. The lowest BCUT2D eigenvalue weighted by Gasteiger charge is -2.41. The molecule has 8 heteroatoms. The fraction of sp³-hybridized carbons (Fsp3) is 0.552. The number of hydrogen-bond donors (Lipinski definition) is 2. The van der Waals surface area contributed by atoms with Gasteiger partial charge in [-0.15, -0.1) is 0 Å². The molecule has 5 rings (SSSR count). The van der Waals surface area contributed by atoms with Crippen LogP contribution in [0.15, 0.2) is 36.7 Å². The minimum absolute atomic E-state index is 0.157. The first-order valence-corrected chi connectivity index (χ1v) is 13.6. The molecule has 0 aliphatic carbocycles. The number of benzene rings is 1. The number of fused-ring (bicyclic) bond motifs is 1. The highest BCUT2D eigenvalue weighted by Crippen LogP contribution is 2.37. The Labute approximate surface area is 220 Å². The van der Waals surface area contributed by atoms with Gasteiger partial charge in [0, 0.05) is 49.1 Å². The number of aliphatic hydroxyl groups is 1. The van der Waals surface area contributed by atoms with Gasteiger partial charge in [-0.3, -0.25) is 0 Å². The monoisotopic (exact) mass is 504 g/mol. The Kier molecular flexibility index (Phi) is 7.23. The molecule has 2 fully saturated rings. The maximum absolute atomic E-state index is 9.92. The zero-order valence-corrected chi connectivity index (χ0v) is 22.7. The van der Waals surface area contributed by atoms with Crippen molar-refractivity contribution in [2.75, 3.05) is 41.4 Å². The minimum Gasteiger partial charge on any atom is -0.388 e. The highest BCUT2D eigenvalue weighted by atomic mass is 16.5. The van der Waals surface area contributed by atoms with Crippen molar-refractivity contribution in [2.45, 2.75) is 77.5 Å². The molecule has 4 heterocycles. The van der Waals surface area contributed by atoms with E-state index in [0.717, 1.165) is 44.1 Å². The summed E-state index contributed by atoms with van der Waals surface area (Å²) < 4.78 is 5.89. The molecule has 0 spiro atoms. The van der Waals surface area contributed by atoms with Gasteiger partial charge in [0.25, 0.3) is 0 Å². The SMILES string of the molecule is CC(C)c1ccc(N2CCC2C)c2cnc(Nc3ccnc(N4CCC(OCC(C)(C)O)CC4)n3)cc12. The van der Waals surface area contributed by atoms with Crippen LogP contribution in [0.25, 0.3) is 10.8 Å². The maximum Gasteiger partial charge on any atom is 0.227 e. The highest BCUT2D eigenvalue weighted by Gasteiger charge is 2.26. The molecule has 1 aromatic carbocycles. The van der Waals surface area contributed by atoms with Gasteiger partial charge in [0.05, 0.1) is 18.3 Å². The van der Waals surface area contributed by atoms with Crippen LogP contribution >= 0.6 is 0 Å². The van der Waals surface area contributed by atoms with Crippen LogP contribution in [0.3, 0.4) is 0 Å². The average Bonchev–Trinajstić information content (AvgIpc) is 2.86. The van der Waals surface area contributed by atoms with E-state index in [9.17, 15) is 5.11 Å². The van der Waals surface area contributed by atoms with Gasteiger partial charge >= 0.3 is 0 Å². The third kappa shape index (κ3) is 5.80. The molecule has 2 aliphatic rings. The van der Waals surface area contributed by atoms with Crippen molar-refractivity contribution < 1.29 is 9.84 Å². The maximum atomic E-state index is 9.92. The first kappa shape index (κ1) is 25.7. The second-order valence-electron chi connectivity index (χ2n) is 11.5. The van der Waals surface area contributed by atoms with Crippen molar-refractivity contribution >= 4 is 34.0 Å². The molecule has 0 amide bonds. The van der Waals surface area contributed by atoms with E-state index in [1.165, 1.54) is 28.4 Å². The molecule has 198 valence electrons. The van der Waals surface area contributed by atoms with Gasteiger partial charge in [-0.25, -0.2) is 9.97 Å². The van der Waals surface area contributed by atoms with Crippen molar-refractivity contribution in [1.82, 2.24) is 15.0 Å². The summed E-state index contributed by atoms with van der Waals surface area (Å²) in [7, 11) is 0. The molecular weight excluding hydrogens is 464 g/mol. The van der Waals surface area contributed by atoms with E-state index < -0.39 is 5.60 Å². The Morgan fingerprint density at radius 3 is 2.49 bits per heavy atom. The number of ether oxygens (including phenoxy) is 1. The number of aromatic nitrogens is 3. The predicted molar refractivity (Wildman–Crippen MR) is 150 cm³/mol. The lowest BCUT2D eigenvalue weighted by molar-refractivity contribution is -0.0589. The van der Waals surface area contributed by atoms with E-state index >= 15 is 0 Å². The Hall–Kier alpha value is -2.97. The van der Waals surface area contributed by atoms with E-state index in [-0.39, 0.29) is 6.10 Å². The molecule has 8 nitrogen and oxygen atoms in total. The third-order valence-corrected chi connectivity index (χ3v) is 7.46. The largest absolute Gasteiger partial charge is 0.388 e. The molecule has 1 unspecified atom stereocenters. The van der Waals surface area contributed by atoms with Gasteiger partial charge in [0.1, 0.15) is 11.6 Å². The van der Waals surface area contributed by atoms with E-state index in [1.54, 1.807) is 20.0 Å². The van der Waals surface area contributed by atoms with Crippen molar-refractivity contribution in [1.29, 1.82) is 0 Å². The topological polar surface area (TPSA) is 86.6 Å². The van der Waals surface area contributed by atoms with Crippen LogP contribution in [0, 0.1) is 0 Å². The lowest BCUT2D eigenvalue weighted by atomic mass is 9.94. The molecule has 3 aromatic rings. The normalized spacial score (nSPS) is 18.9. The number of hydrogen-bond acceptors (Lipinski definition) is 8. The van der Waals surface area contributed by atoms with Crippen molar-refractivity contribution in [3.05, 3.63) is 42.2 Å². The first-order valence-electron chi connectivity index (χ1n) is 13.6. The summed E-state index contributed by atoms with van der Waals surface area (Å²) in [6.45, 7) is 13.4. The second kappa shape index (κ2) is 10.4. The summed E-state index contributed by atoms with van der Waals surface area (Å²) >= 11 is 0. The summed E-state index contributed by atoms with van der Waals surface area (Å²) in [6.07, 6.45) is 6.97. The Morgan fingerprint density at radius 1 is 1.05 bits per heavy atom. The number of nitrogens with zero attached hydrogens (tertiary/aromatic N) is 5. The molecule has 0 saturated carbocycles. The van der Waals surface area contributed by atoms with Crippen LogP contribution < -0.4 is 15.1 Å². The highest BCUT2D eigenvalue weighted by molar-refractivity contribution is 5.98. The van der Waals surface area contributed by atoms with Gasteiger partial charge in [0.15, 0.2) is 0 Å². The van der Waals surface area contributed by atoms with E-state index in [0.29, 0.717) is 24.5 Å². The van der Waals surface area contributed by atoms with Crippen molar-refractivity contribution in [3.8, 4) is 0 Å². The number of rotatable bonds is 8. The summed E-state index contributed by atoms with van der Waals surface area (Å²) in [5.41, 5.74) is 1.80. The lowest BCUT2D eigenvalue weighted by Crippen LogP contribution is -2.45. The quantitative estimate of drug-likeness (QED) is 0.430. The average molecular weight is 505 g/mol. The minimum atomic E-state index is -0.804. The molecular formula is C29H40N6O2. The van der Waals surface area contributed by atoms with Crippen LogP contribution in [0.2, 0.25) is 0 Å². The molecule has 2 aliphatic heterocycles. The number of nitrogens with one attached hydrogen (secondary N) is 1. The van der Waals surface area contributed by atoms with Crippen LogP contribution in [0.4, 0.5) is 23.3 Å². The molecule has 0 radical (unpaired) electrons. The Morgan fingerprint density at radius 2 is 1.84 bits per heavy atom.